The molecule has 3 nitrogen and oxygen atoms in total. The molecule has 1 aliphatic rings. The number of hydrogen-bond acceptors (Lipinski definition) is 3. The van der Waals surface area contributed by atoms with E-state index >= 15 is 0 Å². The van der Waals surface area contributed by atoms with Crippen LogP contribution in [0.1, 0.15) is 31.2 Å². The third kappa shape index (κ3) is 4.25. The van der Waals surface area contributed by atoms with E-state index < -0.39 is 0 Å². The third-order valence-electron chi connectivity index (χ3n) is 3.40. The molecule has 2 heterocycles. The lowest BCUT2D eigenvalue weighted by atomic mass is 10.2. The number of aryl methyl sites for hydroxylation is 1. The van der Waals surface area contributed by atoms with Gasteiger partial charge in [0, 0.05) is 19.3 Å². The van der Waals surface area contributed by atoms with Gasteiger partial charge in [0.25, 0.3) is 0 Å². The van der Waals surface area contributed by atoms with Gasteiger partial charge in [-0.1, -0.05) is 12.8 Å². The number of pyridine rings is 1. The van der Waals surface area contributed by atoms with Crippen LogP contribution in [0, 0.1) is 6.92 Å². The van der Waals surface area contributed by atoms with Crippen LogP contribution in [0.5, 0.6) is 0 Å². The number of likely N-dealkylation sites (tertiary alicyclic amines) is 1. The SMILES string of the molecule is Cc1cnc(NCCN2CCCCCC2)c(Br)c1. The Hall–Kier alpha value is -0.610. The zero-order chi connectivity index (χ0) is 12.8. The van der Waals surface area contributed by atoms with Crippen molar-refractivity contribution in [1.82, 2.24) is 9.88 Å². The minimum absolute atomic E-state index is 0.954. The number of anilines is 1. The highest BCUT2D eigenvalue weighted by Crippen LogP contribution is 2.20. The molecule has 0 radical (unpaired) electrons. The summed E-state index contributed by atoms with van der Waals surface area (Å²) in [5.41, 5.74) is 1.18. The topological polar surface area (TPSA) is 28.2 Å². The molecule has 0 saturated carbocycles. The average molecular weight is 312 g/mol. The van der Waals surface area contributed by atoms with E-state index in [4.69, 9.17) is 0 Å². The second-order valence-electron chi connectivity index (χ2n) is 5.03. The first kappa shape index (κ1) is 13.8. The number of nitrogens with one attached hydrogen (secondary N) is 1. The monoisotopic (exact) mass is 311 g/mol. The summed E-state index contributed by atoms with van der Waals surface area (Å²) in [5, 5.41) is 3.41. The number of nitrogens with zero attached hydrogens (tertiary/aromatic N) is 2. The summed E-state index contributed by atoms with van der Waals surface area (Å²) in [4.78, 5) is 6.96. The first-order chi connectivity index (χ1) is 8.75. The van der Waals surface area contributed by atoms with Gasteiger partial charge in [-0.15, -0.1) is 0 Å². The molecule has 0 unspecified atom stereocenters. The Balaban J connectivity index is 1.77. The lowest BCUT2D eigenvalue weighted by molar-refractivity contribution is 0.296. The van der Waals surface area contributed by atoms with Crippen molar-refractivity contribution >= 4 is 21.7 Å². The highest BCUT2D eigenvalue weighted by atomic mass is 79.9. The Morgan fingerprint density at radius 2 is 2.00 bits per heavy atom. The molecule has 0 aromatic carbocycles. The minimum atomic E-state index is 0.954. The van der Waals surface area contributed by atoms with Gasteiger partial charge in [-0.2, -0.15) is 0 Å². The van der Waals surface area contributed by atoms with E-state index in [-0.39, 0.29) is 0 Å². The van der Waals surface area contributed by atoms with Crippen LogP contribution in [0.3, 0.4) is 0 Å². The van der Waals surface area contributed by atoms with Gasteiger partial charge in [-0.25, -0.2) is 4.98 Å². The zero-order valence-corrected chi connectivity index (χ0v) is 12.7. The van der Waals surface area contributed by atoms with Crippen molar-refractivity contribution in [2.24, 2.45) is 0 Å². The quantitative estimate of drug-likeness (QED) is 0.923. The smallest absolute Gasteiger partial charge is 0.140 e. The van der Waals surface area contributed by atoms with Crippen molar-refractivity contribution < 1.29 is 0 Å². The Morgan fingerprint density at radius 3 is 2.67 bits per heavy atom. The van der Waals surface area contributed by atoms with Gasteiger partial charge in [0.1, 0.15) is 5.82 Å². The predicted molar refractivity (Wildman–Crippen MR) is 80.1 cm³/mol. The highest BCUT2D eigenvalue weighted by molar-refractivity contribution is 9.10. The van der Waals surface area contributed by atoms with Crippen molar-refractivity contribution in [1.29, 1.82) is 0 Å². The Bertz CT molecular complexity index is 373. The fraction of sp³-hybridized carbons (Fsp3) is 0.643. The minimum Gasteiger partial charge on any atom is -0.368 e. The molecular weight excluding hydrogens is 290 g/mol. The molecule has 100 valence electrons. The molecule has 0 aliphatic carbocycles. The normalized spacial score (nSPS) is 17.4. The van der Waals surface area contributed by atoms with E-state index in [1.165, 1.54) is 44.3 Å². The molecule has 1 saturated heterocycles. The maximum Gasteiger partial charge on any atom is 0.140 e. The molecule has 1 N–H and O–H groups in total. The molecule has 2 rings (SSSR count). The Labute approximate surface area is 118 Å². The predicted octanol–water partition coefficient (Wildman–Crippen LogP) is 3.44. The van der Waals surface area contributed by atoms with E-state index in [0.29, 0.717) is 0 Å². The van der Waals surface area contributed by atoms with Crippen molar-refractivity contribution in [2.75, 3.05) is 31.5 Å². The van der Waals surface area contributed by atoms with Gasteiger partial charge < -0.3 is 10.2 Å². The second kappa shape index (κ2) is 7.10. The van der Waals surface area contributed by atoms with Gasteiger partial charge in [0.15, 0.2) is 0 Å². The third-order valence-corrected chi connectivity index (χ3v) is 4.00. The van der Waals surface area contributed by atoms with Gasteiger partial charge >= 0.3 is 0 Å². The molecule has 1 fully saturated rings. The maximum absolute atomic E-state index is 4.40. The largest absolute Gasteiger partial charge is 0.368 e. The molecule has 0 atom stereocenters. The van der Waals surface area contributed by atoms with Crippen LogP contribution in [0.15, 0.2) is 16.7 Å². The summed E-state index contributed by atoms with van der Waals surface area (Å²) in [6.45, 7) is 6.64. The van der Waals surface area contributed by atoms with Crippen LogP contribution in [-0.2, 0) is 0 Å². The molecule has 4 heteroatoms. The maximum atomic E-state index is 4.40. The van der Waals surface area contributed by atoms with Gasteiger partial charge in [0.2, 0.25) is 0 Å². The number of rotatable bonds is 4. The van der Waals surface area contributed by atoms with E-state index in [1.807, 2.05) is 6.20 Å². The van der Waals surface area contributed by atoms with Gasteiger partial charge in [0.05, 0.1) is 4.47 Å². The van der Waals surface area contributed by atoms with Crippen molar-refractivity contribution in [3.05, 3.63) is 22.3 Å². The molecule has 0 amide bonds. The number of hydrogen-bond donors (Lipinski definition) is 1. The molecule has 0 bridgehead atoms. The summed E-state index contributed by atoms with van der Waals surface area (Å²) in [6.07, 6.45) is 7.40. The zero-order valence-electron chi connectivity index (χ0n) is 11.1. The lowest BCUT2D eigenvalue weighted by Gasteiger charge is -2.20. The summed E-state index contributed by atoms with van der Waals surface area (Å²) >= 11 is 3.55. The fourth-order valence-electron chi connectivity index (χ4n) is 2.36. The molecule has 1 aromatic rings. The van der Waals surface area contributed by atoms with Crippen LogP contribution in [0.25, 0.3) is 0 Å². The molecule has 1 aromatic heterocycles. The van der Waals surface area contributed by atoms with E-state index in [0.717, 1.165) is 23.4 Å². The van der Waals surface area contributed by atoms with Crippen molar-refractivity contribution in [3.8, 4) is 0 Å². The highest BCUT2D eigenvalue weighted by Gasteiger charge is 2.08. The van der Waals surface area contributed by atoms with Crippen molar-refractivity contribution in [2.45, 2.75) is 32.6 Å². The van der Waals surface area contributed by atoms with Crippen LogP contribution in [0.2, 0.25) is 0 Å². The lowest BCUT2D eigenvalue weighted by Crippen LogP contribution is -2.30. The Kier molecular flexibility index (Phi) is 5.45. The van der Waals surface area contributed by atoms with E-state index in [2.05, 4.69) is 44.1 Å². The standard InChI is InChI=1S/C14H22BrN3/c1-12-10-13(15)14(17-11-12)16-6-9-18-7-4-2-3-5-8-18/h10-11H,2-9H2,1H3,(H,16,17). The molecular formula is C14H22BrN3. The van der Waals surface area contributed by atoms with E-state index in [1.54, 1.807) is 0 Å². The van der Waals surface area contributed by atoms with Crippen LogP contribution in [-0.4, -0.2) is 36.1 Å². The summed E-state index contributed by atoms with van der Waals surface area (Å²) in [6, 6.07) is 2.10. The van der Waals surface area contributed by atoms with E-state index in [9.17, 15) is 0 Å². The summed E-state index contributed by atoms with van der Waals surface area (Å²) < 4.78 is 1.05. The second-order valence-corrected chi connectivity index (χ2v) is 5.88. The molecule has 1 aliphatic heterocycles. The van der Waals surface area contributed by atoms with Crippen LogP contribution < -0.4 is 5.32 Å². The summed E-state index contributed by atoms with van der Waals surface area (Å²) in [5.74, 6) is 0.954. The Morgan fingerprint density at radius 1 is 1.28 bits per heavy atom. The number of halogens is 1. The fourth-order valence-corrected chi connectivity index (χ4v) is 2.96. The van der Waals surface area contributed by atoms with Crippen LogP contribution >= 0.6 is 15.9 Å². The van der Waals surface area contributed by atoms with Crippen LogP contribution in [0.4, 0.5) is 5.82 Å². The van der Waals surface area contributed by atoms with Gasteiger partial charge in [-0.3, -0.25) is 0 Å². The first-order valence-corrected chi connectivity index (χ1v) is 7.63. The molecule has 0 spiro atoms. The van der Waals surface area contributed by atoms with Gasteiger partial charge in [-0.05, 0) is 60.4 Å². The summed E-state index contributed by atoms with van der Waals surface area (Å²) in [7, 11) is 0. The average Bonchev–Trinajstić information content (AvgIpc) is 2.60. The molecule has 18 heavy (non-hydrogen) atoms. The first-order valence-electron chi connectivity index (χ1n) is 6.84. The number of aromatic nitrogens is 1. The van der Waals surface area contributed by atoms with Crippen molar-refractivity contribution in [3.63, 3.8) is 0 Å².